The van der Waals surface area contributed by atoms with Crippen LogP contribution in [-0.2, 0) is 5.41 Å². The van der Waals surface area contributed by atoms with Crippen molar-refractivity contribution in [1.82, 2.24) is 5.32 Å². The van der Waals surface area contributed by atoms with Gasteiger partial charge in [-0.3, -0.25) is 0 Å². The summed E-state index contributed by atoms with van der Waals surface area (Å²) in [5.41, 5.74) is 3.45. The average Bonchev–Trinajstić information content (AvgIpc) is 3.07. The van der Waals surface area contributed by atoms with Gasteiger partial charge in [-0.2, -0.15) is 0 Å². The summed E-state index contributed by atoms with van der Waals surface area (Å²) in [7, 11) is 0. The van der Waals surface area contributed by atoms with Crippen molar-refractivity contribution in [2.24, 2.45) is 0 Å². The first-order valence-electron chi connectivity index (χ1n) is 7.59. The van der Waals surface area contributed by atoms with E-state index in [1.54, 1.807) is 5.56 Å². The molecule has 2 aliphatic carbocycles. The lowest BCUT2D eigenvalue weighted by Gasteiger charge is -2.30. The second-order valence-corrected chi connectivity index (χ2v) is 6.33. The summed E-state index contributed by atoms with van der Waals surface area (Å²) in [6, 6.07) is 10.2. The van der Waals surface area contributed by atoms with Crippen LogP contribution in [0.15, 0.2) is 24.3 Å². The van der Waals surface area contributed by atoms with Gasteiger partial charge in [-0.05, 0) is 56.6 Å². The van der Waals surface area contributed by atoms with Crippen molar-refractivity contribution >= 4 is 0 Å². The summed E-state index contributed by atoms with van der Waals surface area (Å²) >= 11 is 0. The molecule has 0 saturated heterocycles. The van der Waals surface area contributed by atoms with Gasteiger partial charge in [0.1, 0.15) is 0 Å². The second-order valence-electron chi connectivity index (χ2n) is 6.33. The molecule has 0 unspecified atom stereocenters. The highest BCUT2D eigenvalue weighted by Crippen LogP contribution is 2.43. The SMILES string of the molecule is Cc1ccc(C2(CCNC3CC3)CCCC2)cc1. The summed E-state index contributed by atoms with van der Waals surface area (Å²) in [6.07, 6.45) is 9.74. The molecule has 0 heterocycles. The quantitative estimate of drug-likeness (QED) is 0.825. The summed E-state index contributed by atoms with van der Waals surface area (Å²) < 4.78 is 0. The fourth-order valence-corrected chi connectivity index (χ4v) is 3.44. The van der Waals surface area contributed by atoms with E-state index in [2.05, 4.69) is 36.5 Å². The van der Waals surface area contributed by atoms with Crippen molar-refractivity contribution in [2.75, 3.05) is 6.54 Å². The van der Waals surface area contributed by atoms with E-state index >= 15 is 0 Å². The lowest BCUT2D eigenvalue weighted by Crippen LogP contribution is -2.29. The Morgan fingerprint density at radius 2 is 1.78 bits per heavy atom. The maximum atomic E-state index is 3.69. The van der Waals surface area contributed by atoms with Gasteiger partial charge in [0.2, 0.25) is 0 Å². The maximum absolute atomic E-state index is 3.69. The minimum atomic E-state index is 0.482. The van der Waals surface area contributed by atoms with Crippen LogP contribution in [-0.4, -0.2) is 12.6 Å². The highest BCUT2D eigenvalue weighted by molar-refractivity contribution is 5.29. The molecule has 1 nitrogen and oxygen atoms in total. The maximum Gasteiger partial charge on any atom is 0.00682 e. The molecule has 18 heavy (non-hydrogen) atoms. The predicted octanol–water partition coefficient (Wildman–Crippen LogP) is 3.95. The van der Waals surface area contributed by atoms with E-state index in [1.165, 1.54) is 57.1 Å². The van der Waals surface area contributed by atoms with Gasteiger partial charge >= 0.3 is 0 Å². The Morgan fingerprint density at radius 3 is 2.39 bits per heavy atom. The molecule has 0 amide bonds. The number of aryl methyl sites for hydroxylation is 1. The van der Waals surface area contributed by atoms with Crippen LogP contribution in [0, 0.1) is 6.92 Å². The van der Waals surface area contributed by atoms with Gasteiger partial charge in [0.05, 0.1) is 0 Å². The molecule has 2 fully saturated rings. The molecule has 1 N–H and O–H groups in total. The Labute approximate surface area is 111 Å². The Hall–Kier alpha value is -0.820. The second kappa shape index (κ2) is 5.05. The molecule has 2 aliphatic rings. The number of nitrogens with one attached hydrogen (secondary N) is 1. The summed E-state index contributed by atoms with van der Waals surface area (Å²) in [6.45, 7) is 3.39. The van der Waals surface area contributed by atoms with Crippen LogP contribution < -0.4 is 5.32 Å². The summed E-state index contributed by atoms with van der Waals surface area (Å²) in [5, 5.41) is 3.69. The van der Waals surface area contributed by atoms with Gasteiger partial charge in [-0.1, -0.05) is 42.7 Å². The molecule has 1 heteroatoms. The standard InChI is InChI=1S/C17H25N/c1-14-4-6-15(7-5-14)17(10-2-3-11-17)12-13-18-16-8-9-16/h4-7,16,18H,2-3,8-13H2,1H3. The smallest absolute Gasteiger partial charge is 0.00682 e. The van der Waals surface area contributed by atoms with E-state index in [9.17, 15) is 0 Å². The highest BCUT2D eigenvalue weighted by Gasteiger charge is 2.35. The zero-order valence-corrected chi connectivity index (χ0v) is 11.5. The highest BCUT2D eigenvalue weighted by atomic mass is 14.9. The normalized spacial score (nSPS) is 22.3. The van der Waals surface area contributed by atoms with Gasteiger partial charge in [-0.25, -0.2) is 0 Å². The fraction of sp³-hybridized carbons (Fsp3) is 0.647. The molecular formula is C17H25N. The van der Waals surface area contributed by atoms with Crippen LogP contribution in [0.3, 0.4) is 0 Å². The fourth-order valence-electron chi connectivity index (χ4n) is 3.44. The van der Waals surface area contributed by atoms with Crippen LogP contribution >= 0.6 is 0 Å². The average molecular weight is 243 g/mol. The van der Waals surface area contributed by atoms with Crippen LogP contribution in [0.25, 0.3) is 0 Å². The summed E-state index contributed by atoms with van der Waals surface area (Å²) in [5.74, 6) is 0. The molecule has 1 aromatic rings. The number of hydrogen-bond donors (Lipinski definition) is 1. The molecule has 98 valence electrons. The Balaban J connectivity index is 1.70. The zero-order valence-electron chi connectivity index (χ0n) is 11.5. The van der Waals surface area contributed by atoms with E-state index in [1.807, 2.05) is 0 Å². The van der Waals surface area contributed by atoms with Gasteiger partial charge in [0.25, 0.3) is 0 Å². The van der Waals surface area contributed by atoms with E-state index in [0.29, 0.717) is 5.41 Å². The third-order valence-electron chi connectivity index (χ3n) is 4.84. The molecule has 0 spiro atoms. The van der Waals surface area contributed by atoms with Crippen molar-refractivity contribution in [1.29, 1.82) is 0 Å². The number of benzene rings is 1. The molecule has 0 bridgehead atoms. The first-order valence-corrected chi connectivity index (χ1v) is 7.59. The summed E-state index contributed by atoms with van der Waals surface area (Å²) in [4.78, 5) is 0. The van der Waals surface area contributed by atoms with Gasteiger partial charge in [0, 0.05) is 6.04 Å². The third-order valence-corrected chi connectivity index (χ3v) is 4.84. The Morgan fingerprint density at radius 1 is 1.11 bits per heavy atom. The van der Waals surface area contributed by atoms with E-state index < -0.39 is 0 Å². The van der Waals surface area contributed by atoms with Gasteiger partial charge in [0.15, 0.2) is 0 Å². The molecular weight excluding hydrogens is 218 g/mol. The van der Waals surface area contributed by atoms with Crippen molar-refractivity contribution in [3.8, 4) is 0 Å². The van der Waals surface area contributed by atoms with Gasteiger partial charge in [-0.15, -0.1) is 0 Å². The van der Waals surface area contributed by atoms with Crippen molar-refractivity contribution in [2.45, 2.75) is 63.3 Å². The van der Waals surface area contributed by atoms with E-state index in [-0.39, 0.29) is 0 Å². The largest absolute Gasteiger partial charge is 0.314 e. The van der Waals surface area contributed by atoms with Crippen LogP contribution in [0.2, 0.25) is 0 Å². The monoisotopic (exact) mass is 243 g/mol. The van der Waals surface area contributed by atoms with Crippen molar-refractivity contribution < 1.29 is 0 Å². The first kappa shape index (κ1) is 12.2. The lowest BCUT2D eigenvalue weighted by atomic mass is 9.76. The first-order chi connectivity index (χ1) is 8.78. The minimum Gasteiger partial charge on any atom is -0.314 e. The Kier molecular flexibility index (Phi) is 3.43. The van der Waals surface area contributed by atoms with E-state index in [4.69, 9.17) is 0 Å². The molecule has 0 aromatic heterocycles. The topological polar surface area (TPSA) is 12.0 Å². The van der Waals surface area contributed by atoms with Crippen LogP contribution in [0.5, 0.6) is 0 Å². The van der Waals surface area contributed by atoms with Crippen LogP contribution in [0.4, 0.5) is 0 Å². The molecule has 1 aromatic carbocycles. The molecule has 3 rings (SSSR count). The van der Waals surface area contributed by atoms with Gasteiger partial charge < -0.3 is 5.32 Å². The third kappa shape index (κ3) is 2.61. The predicted molar refractivity (Wildman–Crippen MR) is 77.0 cm³/mol. The minimum absolute atomic E-state index is 0.482. The number of rotatable bonds is 5. The molecule has 0 aliphatic heterocycles. The Bertz CT molecular complexity index is 383. The lowest BCUT2D eigenvalue weighted by molar-refractivity contribution is 0.392. The number of hydrogen-bond acceptors (Lipinski definition) is 1. The van der Waals surface area contributed by atoms with Crippen molar-refractivity contribution in [3.05, 3.63) is 35.4 Å². The molecule has 2 saturated carbocycles. The van der Waals surface area contributed by atoms with E-state index in [0.717, 1.165) is 6.04 Å². The zero-order chi connectivity index (χ0) is 12.4. The molecule has 0 atom stereocenters. The molecule has 0 radical (unpaired) electrons. The van der Waals surface area contributed by atoms with Crippen molar-refractivity contribution in [3.63, 3.8) is 0 Å². The van der Waals surface area contributed by atoms with Crippen LogP contribution in [0.1, 0.15) is 56.1 Å².